The van der Waals surface area contributed by atoms with E-state index in [9.17, 15) is 8.42 Å². The molecule has 0 spiro atoms. The van der Waals surface area contributed by atoms with Crippen LogP contribution < -0.4 is 4.74 Å². The molecule has 0 aliphatic rings. The second kappa shape index (κ2) is 7.19. The van der Waals surface area contributed by atoms with Crippen LogP contribution in [-0.2, 0) is 12.6 Å². The van der Waals surface area contributed by atoms with Gasteiger partial charge in [0.15, 0.2) is 0 Å². The maximum atomic E-state index is 11.6. The Bertz CT molecular complexity index is 734. The normalized spacial score (nSPS) is 12.8. The summed E-state index contributed by atoms with van der Waals surface area (Å²) in [6.45, 7) is 5.95. The maximum absolute atomic E-state index is 11.6. The summed E-state index contributed by atoms with van der Waals surface area (Å²) in [6, 6.07) is 17.0. The van der Waals surface area contributed by atoms with Crippen LogP contribution in [0, 0.1) is 7.14 Å². The number of halogens is 1. The third-order valence-electron chi connectivity index (χ3n) is 2.54. The third kappa shape index (κ3) is 6.12. The molecule has 0 atom stereocenters. The van der Waals surface area contributed by atoms with E-state index in [1.807, 2.05) is 75.4 Å². The summed E-state index contributed by atoms with van der Waals surface area (Å²) in [6.07, 6.45) is 1.09. The molecule has 0 aliphatic carbocycles. The molecular formula is C17H21IO4S. The summed E-state index contributed by atoms with van der Waals surface area (Å²) in [5, 5.41) is 0. The fourth-order valence-corrected chi connectivity index (χ4v) is 8.19. The fraction of sp³-hybridized carbons (Fsp3) is 0.294. The van der Waals surface area contributed by atoms with E-state index in [1.165, 1.54) is 0 Å². The molecule has 0 aromatic heterocycles. The molecule has 0 N–H and O–H groups in total. The standard InChI is InChI=1S/C17H21IO4S/c1-17(2,3)21-16-12-10-15(11-13-16)18(22-23(4,19)20)14-8-6-5-7-9-14/h5-13H,1-4H3. The number of hydrogen-bond donors (Lipinski definition) is 0. The van der Waals surface area contributed by atoms with E-state index in [2.05, 4.69) is 0 Å². The van der Waals surface area contributed by atoms with Gasteiger partial charge in [-0.2, -0.15) is 0 Å². The van der Waals surface area contributed by atoms with Gasteiger partial charge in [-0.1, -0.05) is 0 Å². The molecule has 0 saturated heterocycles. The van der Waals surface area contributed by atoms with Crippen LogP contribution in [0.4, 0.5) is 0 Å². The molecule has 23 heavy (non-hydrogen) atoms. The Hall–Kier alpha value is -1.12. The number of ether oxygens (including phenoxy) is 1. The molecule has 0 fully saturated rings. The van der Waals surface area contributed by atoms with Crippen LogP contribution in [-0.4, -0.2) is 20.3 Å². The Labute approximate surface area is 145 Å². The van der Waals surface area contributed by atoms with Gasteiger partial charge in [0.1, 0.15) is 0 Å². The van der Waals surface area contributed by atoms with Crippen molar-refractivity contribution < 1.29 is 15.7 Å². The summed E-state index contributed by atoms with van der Waals surface area (Å²) >= 11 is -2.50. The van der Waals surface area contributed by atoms with Crippen LogP contribution in [0.15, 0.2) is 54.6 Å². The van der Waals surface area contributed by atoms with Gasteiger partial charge in [0, 0.05) is 0 Å². The number of hydrogen-bond acceptors (Lipinski definition) is 4. The van der Waals surface area contributed by atoms with Crippen molar-refractivity contribution in [1.82, 2.24) is 0 Å². The van der Waals surface area contributed by atoms with Gasteiger partial charge in [0.05, 0.1) is 0 Å². The molecule has 0 unspecified atom stereocenters. The van der Waals surface area contributed by atoms with Crippen molar-refractivity contribution >= 4 is 30.4 Å². The molecule has 0 bridgehead atoms. The van der Waals surface area contributed by atoms with E-state index in [0.29, 0.717) is 0 Å². The SMILES string of the molecule is CC(C)(C)Oc1ccc(I(OS(C)(=O)=O)c2ccccc2)cc1. The first-order chi connectivity index (χ1) is 10.6. The van der Waals surface area contributed by atoms with E-state index in [1.54, 1.807) is 0 Å². The molecule has 2 aromatic carbocycles. The van der Waals surface area contributed by atoms with Gasteiger partial charge in [0.25, 0.3) is 0 Å². The van der Waals surface area contributed by atoms with Gasteiger partial charge in [0.2, 0.25) is 0 Å². The van der Waals surface area contributed by atoms with Crippen LogP contribution in [0.2, 0.25) is 0 Å². The predicted octanol–water partition coefficient (Wildman–Crippen LogP) is 4.30. The Morgan fingerprint density at radius 1 is 0.870 bits per heavy atom. The van der Waals surface area contributed by atoms with Crippen molar-refractivity contribution in [2.45, 2.75) is 26.4 Å². The summed E-state index contributed by atoms with van der Waals surface area (Å²) in [4.78, 5) is 0. The van der Waals surface area contributed by atoms with E-state index in [0.717, 1.165) is 19.1 Å². The van der Waals surface area contributed by atoms with Crippen molar-refractivity contribution in [2.24, 2.45) is 0 Å². The molecular weight excluding hydrogens is 427 g/mol. The first-order valence-corrected chi connectivity index (χ1v) is 11.9. The van der Waals surface area contributed by atoms with Crippen molar-refractivity contribution in [3.63, 3.8) is 0 Å². The van der Waals surface area contributed by atoms with E-state index < -0.39 is 30.4 Å². The summed E-state index contributed by atoms with van der Waals surface area (Å²) in [5.74, 6) is 0.754. The predicted molar refractivity (Wildman–Crippen MR) is 101 cm³/mol. The Morgan fingerprint density at radius 2 is 1.39 bits per heavy atom. The van der Waals surface area contributed by atoms with Crippen LogP contribution in [0.3, 0.4) is 0 Å². The molecule has 0 radical (unpaired) electrons. The van der Waals surface area contributed by atoms with Gasteiger partial charge in [-0.3, -0.25) is 0 Å². The zero-order valence-electron chi connectivity index (χ0n) is 13.6. The van der Waals surface area contributed by atoms with Crippen LogP contribution in [0.25, 0.3) is 0 Å². The minimum absolute atomic E-state index is 0.275. The van der Waals surface area contributed by atoms with Crippen molar-refractivity contribution in [2.75, 3.05) is 6.26 Å². The zero-order valence-corrected chi connectivity index (χ0v) is 16.6. The van der Waals surface area contributed by atoms with Gasteiger partial charge >= 0.3 is 146 Å². The number of rotatable bonds is 5. The first-order valence-electron chi connectivity index (χ1n) is 7.08. The average molecular weight is 448 g/mol. The van der Waals surface area contributed by atoms with Crippen molar-refractivity contribution in [1.29, 1.82) is 0 Å². The average Bonchev–Trinajstić information content (AvgIpc) is 2.44. The zero-order chi connectivity index (χ0) is 17.1. The molecule has 0 amide bonds. The van der Waals surface area contributed by atoms with Crippen molar-refractivity contribution in [3.8, 4) is 5.75 Å². The summed E-state index contributed by atoms with van der Waals surface area (Å²) in [7, 11) is -3.52. The van der Waals surface area contributed by atoms with Gasteiger partial charge < -0.3 is 0 Å². The van der Waals surface area contributed by atoms with E-state index in [-0.39, 0.29) is 5.60 Å². The van der Waals surface area contributed by atoms with Crippen LogP contribution in [0.5, 0.6) is 5.75 Å². The fourth-order valence-electron chi connectivity index (χ4n) is 1.81. The molecule has 6 heteroatoms. The van der Waals surface area contributed by atoms with Crippen LogP contribution in [0.1, 0.15) is 20.8 Å². The molecule has 4 nitrogen and oxygen atoms in total. The second-order valence-electron chi connectivity index (χ2n) is 5.98. The topological polar surface area (TPSA) is 52.6 Å². The Balaban J connectivity index is 2.33. The summed E-state index contributed by atoms with van der Waals surface area (Å²) in [5.41, 5.74) is -0.275. The Morgan fingerprint density at radius 3 is 1.87 bits per heavy atom. The Kier molecular flexibility index (Phi) is 5.70. The van der Waals surface area contributed by atoms with Crippen LogP contribution >= 0.6 is 20.2 Å². The quantitative estimate of drug-likeness (QED) is 0.641. The van der Waals surface area contributed by atoms with Gasteiger partial charge in [-0.25, -0.2) is 0 Å². The first kappa shape index (κ1) is 18.2. The van der Waals surface area contributed by atoms with Gasteiger partial charge in [-0.05, 0) is 0 Å². The summed E-state index contributed by atoms with van der Waals surface area (Å²) < 4.78 is 36.4. The monoisotopic (exact) mass is 448 g/mol. The molecule has 0 aliphatic heterocycles. The third-order valence-corrected chi connectivity index (χ3v) is 9.64. The molecule has 2 aromatic rings. The molecule has 126 valence electrons. The molecule has 0 heterocycles. The molecule has 2 rings (SSSR count). The number of benzene rings is 2. The van der Waals surface area contributed by atoms with Gasteiger partial charge in [-0.15, -0.1) is 0 Å². The van der Waals surface area contributed by atoms with E-state index >= 15 is 0 Å². The second-order valence-corrected chi connectivity index (χ2v) is 12.5. The molecule has 0 saturated carbocycles. The minimum atomic E-state index is -3.52. The van der Waals surface area contributed by atoms with E-state index in [4.69, 9.17) is 7.25 Å². The van der Waals surface area contributed by atoms with Crippen molar-refractivity contribution in [3.05, 3.63) is 61.7 Å².